The summed E-state index contributed by atoms with van der Waals surface area (Å²) in [5.74, 6) is -1.13. The predicted octanol–water partition coefficient (Wildman–Crippen LogP) is 3.19. The molecule has 0 saturated heterocycles. The Labute approximate surface area is 118 Å². The average molecular weight is 270 g/mol. The second kappa shape index (κ2) is 6.24. The van der Waals surface area contributed by atoms with Gasteiger partial charge in [0.05, 0.1) is 5.92 Å². The standard InChI is InChI=1S/C17H18O3/c1-12-4-2-5-13(8-12)9-15(17(19)20)10-14-6-3-7-16(18)11-14/h2-8,11,15,18H,9-10H2,1H3,(H,19,20). The Morgan fingerprint density at radius 1 is 1.05 bits per heavy atom. The van der Waals surface area contributed by atoms with Gasteiger partial charge < -0.3 is 10.2 Å². The number of hydrogen-bond donors (Lipinski definition) is 2. The molecule has 3 nitrogen and oxygen atoms in total. The minimum atomic E-state index is -0.810. The summed E-state index contributed by atoms with van der Waals surface area (Å²) in [6.07, 6.45) is 0.907. The first kappa shape index (κ1) is 14.1. The van der Waals surface area contributed by atoms with Gasteiger partial charge in [0.2, 0.25) is 0 Å². The van der Waals surface area contributed by atoms with Crippen LogP contribution in [0.2, 0.25) is 0 Å². The van der Waals surface area contributed by atoms with Crippen LogP contribution in [0.25, 0.3) is 0 Å². The van der Waals surface area contributed by atoms with Crippen molar-refractivity contribution >= 4 is 5.97 Å². The molecule has 1 unspecified atom stereocenters. The summed E-state index contributed by atoms with van der Waals surface area (Å²) in [5, 5.41) is 18.8. The van der Waals surface area contributed by atoms with E-state index in [-0.39, 0.29) is 5.75 Å². The van der Waals surface area contributed by atoms with Crippen molar-refractivity contribution < 1.29 is 15.0 Å². The lowest BCUT2D eigenvalue weighted by atomic mass is 9.92. The molecule has 2 N–H and O–H groups in total. The smallest absolute Gasteiger partial charge is 0.307 e. The third kappa shape index (κ3) is 3.85. The Hall–Kier alpha value is -2.29. The molecule has 2 rings (SSSR count). The fraction of sp³-hybridized carbons (Fsp3) is 0.235. The van der Waals surface area contributed by atoms with Crippen LogP contribution in [0, 0.1) is 12.8 Å². The van der Waals surface area contributed by atoms with E-state index in [0.29, 0.717) is 12.8 Å². The summed E-state index contributed by atoms with van der Waals surface area (Å²) in [6.45, 7) is 1.99. The molecule has 1 atom stereocenters. The van der Waals surface area contributed by atoms with E-state index in [1.165, 1.54) is 0 Å². The number of rotatable bonds is 5. The van der Waals surface area contributed by atoms with Crippen LogP contribution in [0.5, 0.6) is 5.75 Å². The van der Waals surface area contributed by atoms with Crippen LogP contribution < -0.4 is 0 Å². The molecule has 0 amide bonds. The number of aromatic hydroxyl groups is 1. The van der Waals surface area contributed by atoms with Crippen molar-refractivity contribution in [1.29, 1.82) is 0 Å². The maximum absolute atomic E-state index is 11.4. The Morgan fingerprint density at radius 3 is 2.20 bits per heavy atom. The summed E-state index contributed by atoms with van der Waals surface area (Å²) in [4.78, 5) is 11.4. The van der Waals surface area contributed by atoms with Gasteiger partial charge in [0.15, 0.2) is 0 Å². The second-order valence-corrected chi connectivity index (χ2v) is 5.10. The zero-order valence-corrected chi connectivity index (χ0v) is 11.4. The minimum Gasteiger partial charge on any atom is -0.508 e. The van der Waals surface area contributed by atoms with Gasteiger partial charge in [0, 0.05) is 0 Å². The number of aliphatic carboxylic acids is 1. The van der Waals surface area contributed by atoms with E-state index in [4.69, 9.17) is 0 Å². The van der Waals surface area contributed by atoms with Crippen LogP contribution in [-0.4, -0.2) is 16.2 Å². The number of benzene rings is 2. The van der Waals surface area contributed by atoms with E-state index in [1.807, 2.05) is 37.3 Å². The molecule has 2 aromatic rings. The van der Waals surface area contributed by atoms with Crippen molar-refractivity contribution in [2.45, 2.75) is 19.8 Å². The summed E-state index contributed by atoms with van der Waals surface area (Å²) < 4.78 is 0. The summed E-state index contributed by atoms with van der Waals surface area (Å²) in [5.41, 5.74) is 2.99. The van der Waals surface area contributed by atoms with E-state index in [1.54, 1.807) is 18.2 Å². The molecule has 104 valence electrons. The molecule has 0 aliphatic rings. The molecule has 0 aromatic heterocycles. The maximum Gasteiger partial charge on any atom is 0.307 e. The summed E-state index contributed by atoms with van der Waals surface area (Å²) in [6, 6.07) is 14.7. The Bertz CT molecular complexity index is 557. The van der Waals surface area contributed by atoms with E-state index < -0.39 is 11.9 Å². The van der Waals surface area contributed by atoms with E-state index >= 15 is 0 Å². The Balaban J connectivity index is 2.13. The lowest BCUT2D eigenvalue weighted by molar-refractivity contribution is -0.141. The van der Waals surface area contributed by atoms with Gasteiger partial charge in [0.25, 0.3) is 0 Å². The third-order valence-corrected chi connectivity index (χ3v) is 3.31. The van der Waals surface area contributed by atoms with Crippen molar-refractivity contribution in [3.63, 3.8) is 0 Å². The van der Waals surface area contributed by atoms with Crippen LogP contribution in [0.4, 0.5) is 0 Å². The molecule has 0 bridgehead atoms. The molecule has 0 saturated carbocycles. The number of aryl methyl sites for hydroxylation is 1. The van der Waals surface area contributed by atoms with Gasteiger partial charge in [0.1, 0.15) is 5.75 Å². The van der Waals surface area contributed by atoms with E-state index in [9.17, 15) is 15.0 Å². The van der Waals surface area contributed by atoms with Gasteiger partial charge >= 0.3 is 5.97 Å². The zero-order chi connectivity index (χ0) is 14.5. The Morgan fingerprint density at radius 2 is 1.65 bits per heavy atom. The fourth-order valence-electron chi connectivity index (χ4n) is 2.34. The van der Waals surface area contributed by atoms with E-state index in [0.717, 1.165) is 16.7 Å². The minimum absolute atomic E-state index is 0.169. The molecule has 20 heavy (non-hydrogen) atoms. The van der Waals surface area contributed by atoms with Crippen LogP contribution in [0.1, 0.15) is 16.7 Å². The van der Waals surface area contributed by atoms with Crippen molar-refractivity contribution in [2.24, 2.45) is 5.92 Å². The maximum atomic E-state index is 11.4. The van der Waals surface area contributed by atoms with Gasteiger partial charge in [-0.25, -0.2) is 0 Å². The third-order valence-electron chi connectivity index (χ3n) is 3.31. The number of phenols is 1. The fourth-order valence-corrected chi connectivity index (χ4v) is 2.34. The molecular weight excluding hydrogens is 252 g/mol. The first-order valence-electron chi connectivity index (χ1n) is 6.61. The molecule has 0 aliphatic carbocycles. The lowest BCUT2D eigenvalue weighted by Crippen LogP contribution is -2.19. The number of carboxylic acids is 1. The highest BCUT2D eigenvalue weighted by atomic mass is 16.4. The number of hydrogen-bond acceptors (Lipinski definition) is 2. The highest BCUT2D eigenvalue weighted by Gasteiger charge is 2.18. The average Bonchev–Trinajstić information content (AvgIpc) is 2.38. The van der Waals surface area contributed by atoms with Crippen LogP contribution in [0.3, 0.4) is 0 Å². The van der Waals surface area contributed by atoms with Gasteiger partial charge in [-0.2, -0.15) is 0 Å². The number of carboxylic acid groups (broad SMARTS) is 1. The van der Waals surface area contributed by atoms with E-state index in [2.05, 4.69) is 0 Å². The zero-order valence-electron chi connectivity index (χ0n) is 11.4. The number of phenolic OH excluding ortho intramolecular Hbond substituents is 1. The van der Waals surface area contributed by atoms with Crippen molar-refractivity contribution in [3.8, 4) is 5.75 Å². The van der Waals surface area contributed by atoms with Crippen LogP contribution in [0.15, 0.2) is 48.5 Å². The predicted molar refractivity (Wildman–Crippen MR) is 77.8 cm³/mol. The molecule has 0 spiro atoms. The molecule has 0 aliphatic heterocycles. The molecule has 2 aromatic carbocycles. The first-order valence-corrected chi connectivity index (χ1v) is 6.61. The van der Waals surface area contributed by atoms with Crippen molar-refractivity contribution in [1.82, 2.24) is 0 Å². The SMILES string of the molecule is Cc1cccc(CC(Cc2cccc(O)c2)C(=O)O)c1. The largest absolute Gasteiger partial charge is 0.508 e. The van der Waals surface area contributed by atoms with Crippen LogP contribution in [-0.2, 0) is 17.6 Å². The monoisotopic (exact) mass is 270 g/mol. The van der Waals surface area contributed by atoms with Gasteiger partial charge in [-0.05, 0) is 43.0 Å². The molecule has 0 fully saturated rings. The van der Waals surface area contributed by atoms with Gasteiger partial charge in [-0.1, -0.05) is 42.0 Å². The lowest BCUT2D eigenvalue weighted by Gasteiger charge is -2.13. The van der Waals surface area contributed by atoms with Crippen LogP contribution >= 0.6 is 0 Å². The second-order valence-electron chi connectivity index (χ2n) is 5.10. The molecule has 0 radical (unpaired) electrons. The van der Waals surface area contributed by atoms with Crippen molar-refractivity contribution in [3.05, 3.63) is 65.2 Å². The summed E-state index contributed by atoms with van der Waals surface area (Å²) in [7, 11) is 0. The first-order chi connectivity index (χ1) is 9.54. The van der Waals surface area contributed by atoms with Gasteiger partial charge in [-0.3, -0.25) is 4.79 Å². The normalized spacial score (nSPS) is 12.1. The number of carbonyl (C=O) groups is 1. The quantitative estimate of drug-likeness (QED) is 0.877. The molecule has 0 heterocycles. The summed E-state index contributed by atoms with van der Waals surface area (Å²) >= 11 is 0. The highest BCUT2D eigenvalue weighted by Crippen LogP contribution is 2.19. The molecular formula is C17H18O3. The topological polar surface area (TPSA) is 57.5 Å². The van der Waals surface area contributed by atoms with Crippen molar-refractivity contribution in [2.75, 3.05) is 0 Å². The molecule has 3 heteroatoms. The van der Waals surface area contributed by atoms with Gasteiger partial charge in [-0.15, -0.1) is 0 Å². The Kier molecular flexibility index (Phi) is 4.41. The highest BCUT2D eigenvalue weighted by molar-refractivity contribution is 5.71.